The van der Waals surface area contributed by atoms with Crippen LogP contribution in [-0.4, -0.2) is 43.8 Å². The third kappa shape index (κ3) is 5.67. The normalized spacial score (nSPS) is 21.3. The summed E-state index contributed by atoms with van der Waals surface area (Å²) in [5, 5.41) is 7.20. The van der Waals surface area contributed by atoms with Gasteiger partial charge in [0.25, 0.3) is 0 Å². The summed E-state index contributed by atoms with van der Waals surface area (Å²) in [6.07, 6.45) is 8.08. The van der Waals surface area contributed by atoms with E-state index in [4.69, 9.17) is 0 Å². The molecule has 1 aliphatic carbocycles. The molecule has 0 amide bonds. The number of hydrogen-bond donors (Lipinski definition) is 2. The summed E-state index contributed by atoms with van der Waals surface area (Å²) in [5.41, 5.74) is 1.25. The molecule has 3 rings (SSSR count). The van der Waals surface area contributed by atoms with Crippen molar-refractivity contribution in [2.75, 3.05) is 12.8 Å². The molecule has 1 aliphatic rings. The Balaban J connectivity index is 1.54. The molecular weight excluding hydrogens is 370 g/mol. The standard InChI is InChI=1S/C21H31N5OS/c1-3-28(27)19-11-7-10-18(14-19)25-21(22-2)24-15-20-23-12-13-26(20)16-17-8-5-4-6-9-17/h4-6,8-9,12-13,18-19H,3,7,10-11,14-16H2,1-2H3,(H2,22,24,25). The summed E-state index contributed by atoms with van der Waals surface area (Å²) in [4.78, 5) is 8.86. The predicted molar refractivity (Wildman–Crippen MR) is 116 cm³/mol. The summed E-state index contributed by atoms with van der Waals surface area (Å²) in [6, 6.07) is 10.7. The van der Waals surface area contributed by atoms with Crippen LogP contribution in [0.5, 0.6) is 0 Å². The highest BCUT2D eigenvalue weighted by molar-refractivity contribution is 7.85. The molecule has 1 aromatic heterocycles. The molecule has 3 unspecified atom stereocenters. The number of hydrogen-bond acceptors (Lipinski definition) is 3. The quantitative estimate of drug-likeness (QED) is 0.553. The molecule has 1 aromatic carbocycles. The van der Waals surface area contributed by atoms with Crippen LogP contribution in [0, 0.1) is 0 Å². The molecule has 1 fully saturated rings. The van der Waals surface area contributed by atoms with E-state index in [1.54, 1.807) is 7.05 Å². The molecule has 0 spiro atoms. The van der Waals surface area contributed by atoms with Crippen molar-refractivity contribution in [1.82, 2.24) is 20.2 Å². The molecule has 1 heterocycles. The first-order valence-corrected chi connectivity index (χ1v) is 11.5. The van der Waals surface area contributed by atoms with Crippen molar-refractivity contribution in [3.63, 3.8) is 0 Å². The Morgan fingerprint density at radius 3 is 2.89 bits per heavy atom. The molecule has 2 aromatic rings. The van der Waals surface area contributed by atoms with Crippen LogP contribution in [0.1, 0.15) is 44.0 Å². The van der Waals surface area contributed by atoms with Gasteiger partial charge >= 0.3 is 0 Å². The number of rotatable bonds is 7. The van der Waals surface area contributed by atoms with Crippen molar-refractivity contribution in [1.29, 1.82) is 0 Å². The summed E-state index contributed by atoms with van der Waals surface area (Å²) in [7, 11) is 1.07. The van der Waals surface area contributed by atoms with E-state index in [0.717, 1.165) is 49.8 Å². The van der Waals surface area contributed by atoms with Gasteiger partial charge in [0, 0.05) is 53.8 Å². The lowest BCUT2D eigenvalue weighted by Gasteiger charge is -2.30. The fraction of sp³-hybridized carbons (Fsp3) is 0.524. The highest BCUT2D eigenvalue weighted by Crippen LogP contribution is 2.23. The molecular formula is C21H31N5OS. The van der Waals surface area contributed by atoms with Gasteiger partial charge in [0.05, 0.1) is 6.54 Å². The van der Waals surface area contributed by atoms with E-state index in [-0.39, 0.29) is 0 Å². The van der Waals surface area contributed by atoms with Crippen molar-refractivity contribution in [2.45, 2.75) is 57.0 Å². The fourth-order valence-electron chi connectivity index (χ4n) is 3.73. The zero-order chi connectivity index (χ0) is 19.8. The Hall–Kier alpha value is -2.15. The molecule has 28 heavy (non-hydrogen) atoms. The first-order chi connectivity index (χ1) is 13.7. The number of guanidine groups is 1. The van der Waals surface area contributed by atoms with Gasteiger partial charge in [-0.25, -0.2) is 4.98 Å². The number of benzene rings is 1. The summed E-state index contributed by atoms with van der Waals surface area (Å²) < 4.78 is 14.3. The number of aliphatic imine (C=N–C) groups is 1. The number of imidazole rings is 1. The summed E-state index contributed by atoms with van der Waals surface area (Å²) in [5.74, 6) is 2.50. The zero-order valence-electron chi connectivity index (χ0n) is 16.8. The predicted octanol–water partition coefficient (Wildman–Crippen LogP) is 2.68. The van der Waals surface area contributed by atoms with Crippen LogP contribution in [0.25, 0.3) is 0 Å². The van der Waals surface area contributed by atoms with Gasteiger partial charge in [-0.2, -0.15) is 0 Å². The van der Waals surface area contributed by atoms with E-state index in [0.29, 0.717) is 17.8 Å². The maximum Gasteiger partial charge on any atom is 0.191 e. The Morgan fingerprint density at radius 2 is 2.14 bits per heavy atom. The van der Waals surface area contributed by atoms with E-state index in [2.05, 4.69) is 49.4 Å². The fourth-order valence-corrected chi connectivity index (χ4v) is 5.08. The molecule has 152 valence electrons. The second-order valence-corrected chi connectivity index (χ2v) is 9.19. The minimum atomic E-state index is -0.715. The van der Waals surface area contributed by atoms with Crippen molar-refractivity contribution in [2.24, 2.45) is 4.99 Å². The van der Waals surface area contributed by atoms with Crippen LogP contribution >= 0.6 is 0 Å². The maximum absolute atomic E-state index is 12.2. The van der Waals surface area contributed by atoms with Gasteiger partial charge in [-0.1, -0.05) is 43.7 Å². The minimum Gasteiger partial charge on any atom is -0.354 e. The van der Waals surface area contributed by atoms with Gasteiger partial charge in [0.1, 0.15) is 5.82 Å². The third-order valence-electron chi connectivity index (χ3n) is 5.26. The van der Waals surface area contributed by atoms with Crippen LogP contribution < -0.4 is 10.6 Å². The first-order valence-electron chi connectivity index (χ1n) is 10.1. The van der Waals surface area contributed by atoms with Crippen LogP contribution in [0.3, 0.4) is 0 Å². The molecule has 1 saturated carbocycles. The van der Waals surface area contributed by atoms with Gasteiger partial charge in [-0.05, 0) is 24.8 Å². The van der Waals surface area contributed by atoms with Crippen LogP contribution in [0.4, 0.5) is 0 Å². The van der Waals surface area contributed by atoms with E-state index in [9.17, 15) is 4.21 Å². The second kappa shape index (κ2) is 10.4. The van der Waals surface area contributed by atoms with Gasteiger partial charge < -0.3 is 15.2 Å². The summed E-state index contributed by atoms with van der Waals surface area (Å²) >= 11 is 0. The molecule has 7 heteroatoms. The summed E-state index contributed by atoms with van der Waals surface area (Å²) in [6.45, 7) is 3.42. The average molecular weight is 402 g/mol. The van der Waals surface area contributed by atoms with Crippen LogP contribution in [-0.2, 0) is 23.9 Å². The Morgan fingerprint density at radius 1 is 1.32 bits per heavy atom. The minimum absolute atomic E-state index is 0.305. The van der Waals surface area contributed by atoms with Gasteiger partial charge in [0.15, 0.2) is 5.96 Å². The van der Waals surface area contributed by atoms with Crippen molar-refractivity contribution in [3.8, 4) is 0 Å². The number of nitrogens with zero attached hydrogens (tertiary/aromatic N) is 3. The lowest BCUT2D eigenvalue weighted by molar-refractivity contribution is 0.413. The Labute approximate surface area is 170 Å². The van der Waals surface area contributed by atoms with E-state index in [1.807, 2.05) is 25.4 Å². The molecule has 0 radical (unpaired) electrons. The van der Waals surface area contributed by atoms with Gasteiger partial charge in [-0.3, -0.25) is 9.20 Å². The van der Waals surface area contributed by atoms with E-state index < -0.39 is 10.8 Å². The van der Waals surface area contributed by atoms with Crippen LogP contribution in [0.15, 0.2) is 47.7 Å². The number of nitrogens with one attached hydrogen (secondary N) is 2. The Kier molecular flexibility index (Phi) is 7.65. The third-order valence-corrected chi connectivity index (χ3v) is 7.00. The molecule has 0 saturated heterocycles. The van der Waals surface area contributed by atoms with Gasteiger partial charge in [0.2, 0.25) is 0 Å². The lowest BCUT2D eigenvalue weighted by Crippen LogP contribution is -2.46. The molecule has 0 aliphatic heterocycles. The maximum atomic E-state index is 12.2. The average Bonchev–Trinajstić information content (AvgIpc) is 3.18. The first kappa shape index (κ1) is 20.6. The SMILES string of the molecule is CCS(=O)C1CCCC(NC(=NC)NCc2nccn2Cc2ccccc2)C1. The topological polar surface area (TPSA) is 71.3 Å². The van der Waals surface area contributed by atoms with Crippen molar-refractivity contribution < 1.29 is 4.21 Å². The second-order valence-electron chi connectivity index (χ2n) is 7.18. The van der Waals surface area contributed by atoms with E-state index >= 15 is 0 Å². The monoisotopic (exact) mass is 401 g/mol. The van der Waals surface area contributed by atoms with E-state index in [1.165, 1.54) is 5.56 Å². The van der Waals surface area contributed by atoms with Crippen molar-refractivity contribution in [3.05, 3.63) is 54.1 Å². The lowest BCUT2D eigenvalue weighted by atomic mass is 9.95. The molecule has 3 atom stereocenters. The van der Waals surface area contributed by atoms with Gasteiger partial charge in [-0.15, -0.1) is 0 Å². The van der Waals surface area contributed by atoms with Crippen molar-refractivity contribution >= 4 is 16.8 Å². The highest BCUT2D eigenvalue weighted by Gasteiger charge is 2.26. The molecule has 2 N–H and O–H groups in total. The highest BCUT2D eigenvalue weighted by atomic mass is 32.2. The molecule has 6 nitrogen and oxygen atoms in total. The zero-order valence-corrected chi connectivity index (χ0v) is 17.6. The molecule has 0 bridgehead atoms. The Bertz CT molecular complexity index is 789. The number of aromatic nitrogens is 2. The smallest absolute Gasteiger partial charge is 0.191 e. The largest absolute Gasteiger partial charge is 0.354 e. The van der Waals surface area contributed by atoms with Crippen LogP contribution in [0.2, 0.25) is 0 Å².